The quantitative estimate of drug-likeness (QED) is 0.461. The first-order valence-corrected chi connectivity index (χ1v) is 12.3. The van der Waals surface area contributed by atoms with Gasteiger partial charge >= 0.3 is 0 Å². The number of pyridine rings is 1. The normalized spacial score (nSPS) is 16.9. The SMILES string of the molecule is COc1cc(-c2cc3nccnc3c(OC[C@@H]3CN(S(C)(=O)=O)CCO3)n2)cc(OC)c1OC. The van der Waals surface area contributed by atoms with Crippen LogP contribution in [0.25, 0.3) is 22.3 Å². The predicted octanol–water partition coefficient (Wildman–Crippen LogP) is 1.76. The molecule has 0 spiro atoms. The minimum atomic E-state index is -3.31. The van der Waals surface area contributed by atoms with Crippen molar-refractivity contribution in [1.82, 2.24) is 19.3 Å². The zero-order valence-electron chi connectivity index (χ0n) is 19.3. The van der Waals surface area contributed by atoms with Gasteiger partial charge in [-0.2, -0.15) is 4.31 Å². The average Bonchev–Trinajstić information content (AvgIpc) is 2.85. The van der Waals surface area contributed by atoms with Gasteiger partial charge in [-0.25, -0.2) is 18.4 Å². The van der Waals surface area contributed by atoms with Gasteiger partial charge in [0.1, 0.15) is 12.7 Å². The van der Waals surface area contributed by atoms with E-state index in [0.29, 0.717) is 52.7 Å². The number of benzene rings is 1. The maximum Gasteiger partial charge on any atom is 0.242 e. The summed E-state index contributed by atoms with van der Waals surface area (Å²) in [6.45, 7) is 0.914. The highest BCUT2D eigenvalue weighted by Crippen LogP contribution is 2.41. The Bertz CT molecular complexity index is 1260. The number of hydrogen-bond acceptors (Lipinski definition) is 10. The van der Waals surface area contributed by atoms with E-state index in [1.54, 1.807) is 44.8 Å². The summed E-state index contributed by atoms with van der Waals surface area (Å²) in [4.78, 5) is 13.4. The highest BCUT2D eigenvalue weighted by atomic mass is 32.2. The third kappa shape index (κ3) is 4.98. The molecule has 1 atom stereocenters. The van der Waals surface area contributed by atoms with E-state index in [4.69, 9.17) is 23.7 Å². The van der Waals surface area contributed by atoms with Crippen LogP contribution in [0.1, 0.15) is 0 Å². The number of rotatable bonds is 8. The molecule has 3 aromatic rings. The minimum absolute atomic E-state index is 0.101. The first-order chi connectivity index (χ1) is 16.3. The van der Waals surface area contributed by atoms with Crippen molar-refractivity contribution < 1.29 is 32.1 Å². The van der Waals surface area contributed by atoms with Gasteiger partial charge in [-0.3, -0.25) is 4.98 Å². The number of methoxy groups -OCH3 is 3. The average molecular weight is 491 g/mol. The lowest BCUT2D eigenvalue weighted by atomic mass is 10.1. The molecule has 2 aromatic heterocycles. The van der Waals surface area contributed by atoms with Gasteiger partial charge in [-0.05, 0) is 18.2 Å². The fourth-order valence-electron chi connectivity index (χ4n) is 3.69. The summed E-state index contributed by atoms with van der Waals surface area (Å²) < 4.78 is 53.2. The standard InChI is InChI=1S/C22H26N4O7S/c1-29-18-9-14(10-19(30-2)21(18)31-3)16-11-17-20(24-6-5-23-17)22(25-16)33-13-15-12-26(7-8-32-15)34(4,27)28/h5-6,9-11,15H,7-8,12-13H2,1-4H3/t15-/m0/s1. The minimum Gasteiger partial charge on any atom is -0.493 e. The van der Waals surface area contributed by atoms with E-state index >= 15 is 0 Å². The monoisotopic (exact) mass is 490 g/mol. The zero-order valence-corrected chi connectivity index (χ0v) is 20.2. The molecule has 11 nitrogen and oxygen atoms in total. The highest BCUT2D eigenvalue weighted by Gasteiger charge is 2.27. The topological polar surface area (TPSA) is 122 Å². The van der Waals surface area contributed by atoms with E-state index in [-0.39, 0.29) is 19.0 Å². The summed E-state index contributed by atoms with van der Waals surface area (Å²) in [6, 6.07) is 5.35. The number of sulfonamides is 1. The lowest BCUT2D eigenvalue weighted by molar-refractivity contribution is -0.0252. The second kappa shape index (κ2) is 9.95. The van der Waals surface area contributed by atoms with Crippen LogP contribution in [0.4, 0.5) is 0 Å². The Labute approximate surface area is 197 Å². The molecule has 1 fully saturated rings. The van der Waals surface area contributed by atoms with Crippen molar-refractivity contribution in [2.24, 2.45) is 0 Å². The van der Waals surface area contributed by atoms with Gasteiger partial charge in [0.15, 0.2) is 17.0 Å². The van der Waals surface area contributed by atoms with E-state index in [2.05, 4.69) is 15.0 Å². The molecule has 0 radical (unpaired) electrons. The molecule has 0 aliphatic carbocycles. The van der Waals surface area contributed by atoms with Crippen molar-refractivity contribution in [3.8, 4) is 34.4 Å². The molecular formula is C22H26N4O7S. The maximum absolute atomic E-state index is 11.9. The summed E-state index contributed by atoms with van der Waals surface area (Å²) >= 11 is 0. The molecule has 0 N–H and O–H groups in total. The zero-order chi connectivity index (χ0) is 24.3. The number of nitrogens with zero attached hydrogens (tertiary/aromatic N) is 4. The number of hydrogen-bond donors (Lipinski definition) is 0. The van der Waals surface area contributed by atoms with Crippen LogP contribution in [0, 0.1) is 0 Å². The molecule has 1 saturated heterocycles. The van der Waals surface area contributed by atoms with Crippen molar-refractivity contribution in [2.45, 2.75) is 6.10 Å². The van der Waals surface area contributed by atoms with Gasteiger partial charge in [0.25, 0.3) is 0 Å². The fourth-order valence-corrected chi connectivity index (χ4v) is 4.53. The third-order valence-electron chi connectivity index (χ3n) is 5.36. The van der Waals surface area contributed by atoms with E-state index in [1.165, 1.54) is 17.7 Å². The van der Waals surface area contributed by atoms with Crippen molar-refractivity contribution in [3.05, 3.63) is 30.6 Å². The van der Waals surface area contributed by atoms with E-state index in [1.807, 2.05) is 0 Å². The Morgan fingerprint density at radius 2 is 1.76 bits per heavy atom. The second-order valence-electron chi connectivity index (χ2n) is 7.58. The molecule has 3 heterocycles. The van der Waals surface area contributed by atoms with Crippen LogP contribution in [0.5, 0.6) is 23.1 Å². The molecule has 34 heavy (non-hydrogen) atoms. The van der Waals surface area contributed by atoms with Crippen LogP contribution in [0.15, 0.2) is 30.6 Å². The number of ether oxygens (including phenoxy) is 5. The molecule has 4 rings (SSSR count). The highest BCUT2D eigenvalue weighted by molar-refractivity contribution is 7.88. The number of fused-ring (bicyclic) bond motifs is 1. The van der Waals surface area contributed by atoms with Crippen LogP contribution < -0.4 is 18.9 Å². The van der Waals surface area contributed by atoms with Gasteiger partial charge in [0.05, 0.1) is 45.4 Å². The molecule has 1 aliphatic heterocycles. The number of aromatic nitrogens is 3. The van der Waals surface area contributed by atoms with Crippen LogP contribution in [-0.4, -0.2) is 87.7 Å². The van der Waals surface area contributed by atoms with Crippen LogP contribution in [0.2, 0.25) is 0 Å². The van der Waals surface area contributed by atoms with Crippen molar-refractivity contribution in [3.63, 3.8) is 0 Å². The van der Waals surface area contributed by atoms with Crippen LogP contribution in [-0.2, 0) is 14.8 Å². The van der Waals surface area contributed by atoms with Crippen molar-refractivity contribution in [1.29, 1.82) is 0 Å². The van der Waals surface area contributed by atoms with Crippen LogP contribution in [0.3, 0.4) is 0 Å². The lowest BCUT2D eigenvalue weighted by Crippen LogP contribution is -2.47. The Balaban J connectivity index is 1.68. The Kier molecular flexibility index (Phi) is 7.00. The predicted molar refractivity (Wildman–Crippen MR) is 124 cm³/mol. The summed E-state index contributed by atoms with van der Waals surface area (Å²) in [6.07, 6.45) is 3.88. The second-order valence-corrected chi connectivity index (χ2v) is 9.56. The Morgan fingerprint density at radius 1 is 1.06 bits per heavy atom. The largest absolute Gasteiger partial charge is 0.493 e. The van der Waals surface area contributed by atoms with Crippen LogP contribution >= 0.6 is 0 Å². The third-order valence-corrected chi connectivity index (χ3v) is 6.63. The van der Waals surface area contributed by atoms with Gasteiger partial charge in [0.2, 0.25) is 21.7 Å². The van der Waals surface area contributed by atoms with Gasteiger partial charge in [-0.1, -0.05) is 0 Å². The Hall–Kier alpha value is -3.22. The van der Waals surface area contributed by atoms with Gasteiger partial charge in [0, 0.05) is 31.0 Å². The van der Waals surface area contributed by atoms with Crippen molar-refractivity contribution in [2.75, 3.05) is 53.9 Å². The summed E-state index contributed by atoms with van der Waals surface area (Å²) in [5.41, 5.74) is 2.32. The van der Waals surface area contributed by atoms with E-state index in [9.17, 15) is 8.42 Å². The molecule has 12 heteroatoms. The molecule has 1 aromatic carbocycles. The lowest BCUT2D eigenvalue weighted by Gasteiger charge is -2.30. The first kappa shape index (κ1) is 23.9. The fraction of sp³-hybridized carbons (Fsp3) is 0.409. The summed E-state index contributed by atoms with van der Waals surface area (Å²) in [5, 5.41) is 0. The van der Waals surface area contributed by atoms with Crippen molar-refractivity contribution >= 4 is 21.1 Å². The molecule has 1 aliphatic rings. The van der Waals surface area contributed by atoms with E-state index in [0.717, 1.165) is 0 Å². The van der Waals surface area contributed by atoms with Gasteiger partial charge < -0.3 is 23.7 Å². The van der Waals surface area contributed by atoms with E-state index < -0.39 is 16.1 Å². The molecule has 0 saturated carbocycles. The number of morpholine rings is 1. The summed E-state index contributed by atoms with van der Waals surface area (Å²) in [7, 11) is 1.30. The maximum atomic E-state index is 11.9. The van der Waals surface area contributed by atoms with Gasteiger partial charge in [-0.15, -0.1) is 0 Å². The molecular weight excluding hydrogens is 464 g/mol. The smallest absolute Gasteiger partial charge is 0.242 e. The molecule has 0 bridgehead atoms. The first-order valence-electron chi connectivity index (χ1n) is 10.5. The Morgan fingerprint density at radius 3 is 2.41 bits per heavy atom. The molecule has 0 amide bonds. The molecule has 0 unspecified atom stereocenters. The molecule has 182 valence electrons. The summed E-state index contributed by atoms with van der Waals surface area (Å²) in [5.74, 6) is 1.69.